The van der Waals surface area contributed by atoms with Gasteiger partial charge in [0.05, 0.1) is 22.6 Å². The fourth-order valence-corrected chi connectivity index (χ4v) is 1.75. The van der Waals surface area contributed by atoms with Crippen LogP contribution in [0.4, 0.5) is 11.4 Å². The van der Waals surface area contributed by atoms with Crippen LogP contribution in [0.15, 0.2) is 47.2 Å². The Kier molecular flexibility index (Phi) is 3.23. The van der Waals surface area contributed by atoms with Crippen LogP contribution in [0.1, 0.15) is 0 Å². The van der Waals surface area contributed by atoms with Gasteiger partial charge in [-0.1, -0.05) is 23.7 Å². The Bertz CT molecular complexity index is 474. The molecule has 15 heavy (non-hydrogen) atoms. The average molecular weight is 284 g/mol. The Morgan fingerprint density at radius 3 is 2.73 bits per heavy atom. The second-order valence-corrected chi connectivity index (χ2v) is 4.32. The van der Waals surface area contributed by atoms with Crippen molar-refractivity contribution in [3.63, 3.8) is 0 Å². The summed E-state index contributed by atoms with van der Waals surface area (Å²) in [5.74, 6) is 0. The minimum Gasteiger partial charge on any atom is -0.353 e. The number of nitrogens with zero attached hydrogens (tertiary/aromatic N) is 1. The molecule has 1 heterocycles. The van der Waals surface area contributed by atoms with E-state index in [4.69, 9.17) is 11.6 Å². The van der Waals surface area contributed by atoms with Gasteiger partial charge >= 0.3 is 0 Å². The fourth-order valence-electron chi connectivity index (χ4n) is 1.20. The second-order valence-electron chi connectivity index (χ2n) is 3.00. The van der Waals surface area contributed by atoms with Crippen LogP contribution >= 0.6 is 27.5 Å². The second kappa shape index (κ2) is 4.64. The molecule has 1 aromatic heterocycles. The van der Waals surface area contributed by atoms with Crippen LogP contribution in [-0.2, 0) is 0 Å². The Morgan fingerprint density at radius 2 is 2.00 bits per heavy atom. The summed E-state index contributed by atoms with van der Waals surface area (Å²) in [6.07, 6.45) is 3.48. The molecular formula is C11H8BrClN2. The molecule has 0 aliphatic carbocycles. The fraction of sp³-hybridized carbons (Fsp3) is 0. The molecule has 0 saturated heterocycles. The van der Waals surface area contributed by atoms with E-state index in [2.05, 4.69) is 26.2 Å². The summed E-state index contributed by atoms with van der Waals surface area (Å²) >= 11 is 9.38. The lowest BCUT2D eigenvalue weighted by molar-refractivity contribution is 1.30. The van der Waals surface area contributed by atoms with Crippen LogP contribution < -0.4 is 5.32 Å². The predicted octanol–water partition coefficient (Wildman–Crippen LogP) is 4.24. The smallest absolute Gasteiger partial charge is 0.0640 e. The van der Waals surface area contributed by atoms with Crippen molar-refractivity contribution in [2.24, 2.45) is 0 Å². The van der Waals surface area contributed by atoms with Crippen molar-refractivity contribution >= 4 is 38.9 Å². The summed E-state index contributed by atoms with van der Waals surface area (Å²) in [7, 11) is 0. The van der Waals surface area contributed by atoms with E-state index in [0.717, 1.165) is 15.8 Å². The number of pyridine rings is 1. The molecule has 2 rings (SSSR count). The molecule has 0 fully saturated rings. The minimum absolute atomic E-state index is 0.692. The third-order valence-electron chi connectivity index (χ3n) is 1.86. The van der Waals surface area contributed by atoms with E-state index in [9.17, 15) is 0 Å². The Balaban J connectivity index is 2.26. The summed E-state index contributed by atoms with van der Waals surface area (Å²) in [4.78, 5) is 4.06. The van der Waals surface area contributed by atoms with Gasteiger partial charge in [-0.3, -0.25) is 4.98 Å². The summed E-state index contributed by atoms with van der Waals surface area (Å²) in [5, 5.41) is 3.88. The molecule has 76 valence electrons. The molecule has 0 aliphatic heterocycles. The Labute approximate surface area is 101 Å². The van der Waals surface area contributed by atoms with Gasteiger partial charge < -0.3 is 5.32 Å². The minimum atomic E-state index is 0.692. The van der Waals surface area contributed by atoms with Crippen LogP contribution in [0, 0.1) is 0 Å². The number of nitrogens with one attached hydrogen (secondary N) is 1. The van der Waals surface area contributed by atoms with Gasteiger partial charge in [0.2, 0.25) is 0 Å². The largest absolute Gasteiger partial charge is 0.353 e. The SMILES string of the molecule is Clc1ccccc1Nc1cncc(Br)c1. The van der Waals surface area contributed by atoms with E-state index in [1.165, 1.54) is 0 Å². The Morgan fingerprint density at radius 1 is 1.20 bits per heavy atom. The molecule has 0 radical (unpaired) electrons. The van der Waals surface area contributed by atoms with Crippen molar-refractivity contribution in [3.8, 4) is 0 Å². The van der Waals surface area contributed by atoms with Gasteiger partial charge in [-0.25, -0.2) is 0 Å². The number of anilines is 2. The quantitative estimate of drug-likeness (QED) is 0.891. The van der Waals surface area contributed by atoms with Crippen LogP contribution in [-0.4, -0.2) is 4.98 Å². The van der Waals surface area contributed by atoms with E-state index >= 15 is 0 Å². The van der Waals surface area contributed by atoms with E-state index < -0.39 is 0 Å². The zero-order valence-electron chi connectivity index (χ0n) is 7.74. The third kappa shape index (κ3) is 2.70. The first-order valence-corrected chi connectivity index (χ1v) is 5.55. The maximum Gasteiger partial charge on any atom is 0.0640 e. The van der Waals surface area contributed by atoms with Crippen molar-refractivity contribution in [1.82, 2.24) is 4.98 Å². The van der Waals surface area contributed by atoms with E-state index in [0.29, 0.717) is 5.02 Å². The maximum atomic E-state index is 6.02. The number of para-hydroxylation sites is 1. The molecule has 2 aromatic rings. The highest BCUT2D eigenvalue weighted by Gasteiger charge is 1.99. The first kappa shape index (κ1) is 10.5. The molecule has 1 aromatic carbocycles. The lowest BCUT2D eigenvalue weighted by Crippen LogP contribution is -1.91. The van der Waals surface area contributed by atoms with Gasteiger partial charge in [-0.15, -0.1) is 0 Å². The Hall–Kier alpha value is -1.06. The summed E-state index contributed by atoms with van der Waals surface area (Å²) in [6.45, 7) is 0. The van der Waals surface area contributed by atoms with Gasteiger partial charge in [0.15, 0.2) is 0 Å². The lowest BCUT2D eigenvalue weighted by atomic mass is 10.3. The highest BCUT2D eigenvalue weighted by Crippen LogP contribution is 2.25. The first-order chi connectivity index (χ1) is 7.25. The van der Waals surface area contributed by atoms with Crippen LogP contribution in [0.25, 0.3) is 0 Å². The normalized spacial score (nSPS) is 10.0. The van der Waals surface area contributed by atoms with Crippen molar-refractivity contribution in [2.45, 2.75) is 0 Å². The maximum absolute atomic E-state index is 6.02. The zero-order valence-corrected chi connectivity index (χ0v) is 10.1. The molecule has 2 nitrogen and oxygen atoms in total. The highest BCUT2D eigenvalue weighted by molar-refractivity contribution is 9.10. The third-order valence-corrected chi connectivity index (χ3v) is 2.62. The summed E-state index contributed by atoms with van der Waals surface area (Å²) in [5.41, 5.74) is 1.77. The highest BCUT2D eigenvalue weighted by atomic mass is 79.9. The first-order valence-electron chi connectivity index (χ1n) is 4.38. The molecule has 0 aliphatic rings. The summed E-state index contributed by atoms with van der Waals surface area (Å²) < 4.78 is 0.930. The number of aromatic nitrogens is 1. The predicted molar refractivity (Wildman–Crippen MR) is 66.7 cm³/mol. The molecular weight excluding hydrogens is 275 g/mol. The van der Waals surface area contributed by atoms with Gasteiger partial charge in [-0.05, 0) is 34.1 Å². The van der Waals surface area contributed by atoms with Gasteiger partial charge in [-0.2, -0.15) is 0 Å². The standard InChI is InChI=1S/C11H8BrClN2/c12-8-5-9(7-14-6-8)15-11-4-2-1-3-10(11)13/h1-7,15H. The van der Waals surface area contributed by atoms with Crippen molar-refractivity contribution in [1.29, 1.82) is 0 Å². The number of hydrogen-bond donors (Lipinski definition) is 1. The van der Waals surface area contributed by atoms with Crippen molar-refractivity contribution < 1.29 is 0 Å². The van der Waals surface area contributed by atoms with Crippen molar-refractivity contribution in [2.75, 3.05) is 5.32 Å². The van der Waals surface area contributed by atoms with Crippen LogP contribution in [0.2, 0.25) is 5.02 Å². The van der Waals surface area contributed by atoms with Crippen LogP contribution in [0.3, 0.4) is 0 Å². The van der Waals surface area contributed by atoms with E-state index in [1.807, 2.05) is 30.3 Å². The number of hydrogen-bond acceptors (Lipinski definition) is 2. The van der Waals surface area contributed by atoms with Gasteiger partial charge in [0, 0.05) is 10.7 Å². The topological polar surface area (TPSA) is 24.9 Å². The molecule has 0 spiro atoms. The van der Waals surface area contributed by atoms with Crippen molar-refractivity contribution in [3.05, 3.63) is 52.2 Å². The average Bonchev–Trinajstić information content (AvgIpc) is 2.22. The lowest BCUT2D eigenvalue weighted by Gasteiger charge is -2.07. The van der Waals surface area contributed by atoms with E-state index in [-0.39, 0.29) is 0 Å². The molecule has 0 amide bonds. The molecule has 0 unspecified atom stereocenters. The number of benzene rings is 1. The molecule has 0 atom stereocenters. The number of halogens is 2. The molecule has 0 bridgehead atoms. The molecule has 0 saturated carbocycles. The molecule has 1 N–H and O–H groups in total. The van der Waals surface area contributed by atoms with Crippen LogP contribution in [0.5, 0.6) is 0 Å². The summed E-state index contributed by atoms with van der Waals surface area (Å²) in [6, 6.07) is 9.53. The number of rotatable bonds is 2. The van der Waals surface area contributed by atoms with E-state index in [1.54, 1.807) is 12.4 Å². The molecule has 4 heteroatoms. The zero-order chi connectivity index (χ0) is 10.7. The monoisotopic (exact) mass is 282 g/mol. The van der Waals surface area contributed by atoms with Gasteiger partial charge in [0.25, 0.3) is 0 Å². The van der Waals surface area contributed by atoms with Gasteiger partial charge in [0.1, 0.15) is 0 Å².